The zero-order valence-electron chi connectivity index (χ0n) is 19.8. The van der Waals surface area contributed by atoms with Crippen molar-refractivity contribution in [1.29, 1.82) is 0 Å². The van der Waals surface area contributed by atoms with Gasteiger partial charge in [-0.2, -0.15) is 0 Å². The third-order valence-electron chi connectivity index (χ3n) is 6.65. The Labute approximate surface area is 183 Å². The van der Waals surface area contributed by atoms with Crippen molar-refractivity contribution in [3.8, 4) is 0 Å². The van der Waals surface area contributed by atoms with Gasteiger partial charge in [-0.05, 0) is 71.0 Å². The average molecular weight is 424 g/mol. The van der Waals surface area contributed by atoms with Crippen LogP contribution in [0.3, 0.4) is 0 Å². The molecule has 2 N–H and O–H groups in total. The SMILES string of the molecule is CCCCN1CCC2(CCCCCOC[C@@H](C)NC(=O)[C@H](CC(C)C)NC2=O)CC1. The highest BCUT2D eigenvalue weighted by Gasteiger charge is 2.42. The lowest BCUT2D eigenvalue weighted by Crippen LogP contribution is -2.56. The number of nitrogens with zero attached hydrogens (tertiary/aromatic N) is 1. The summed E-state index contributed by atoms with van der Waals surface area (Å²) >= 11 is 0. The quantitative estimate of drug-likeness (QED) is 0.710. The molecule has 0 unspecified atom stereocenters. The van der Waals surface area contributed by atoms with Crippen LogP contribution in [0, 0.1) is 11.3 Å². The van der Waals surface area contributed by atoms with Crippen LogP contribution in [0.4, 0.5) is 0 Å². The predicted molar refractivity (Wildman–Crippen MR) is 121 cm³/mol. The molecule has 174 valence electrons. The molecule has 30 heavy (non-hydrogen) atoms. The fourth-order valence-electron chi connectivity index (χ4n) is 4.68. The minimum atomic E-state index is -0.474. The van der Waals surface area contributed by atoms with Gasteiger partial charge in [0.15, 0.2) is 0 Å². The summed E-state index contributed by atoms with van der Waals surface area (Å²) in [5.74, 6) is 0.346. The summed E-state index contributed by atoms with van der Waals surface area (Å²) in [4.78, 5) is 29.0. The number of ether oxygens (including phenoxy) is 1. The van der Waals surface area contributed by atoms with Gasteiger partial charge < -0.3 is 20.3 Å². The van der Waals surface area contributed by atoms with Crippen LogP contribution < -0.4 is 10.6 Å². The van der Waals surface area contributed by atoms with Gasteiger partial charge in [0.05, 0.1) is 12.0 Å². The molecule has 6 heteroatoms. The van der Waals surface area contributed by atoms with Crippen LogP contribution in [0.2, 0.25) is 0 Å². The van der Waals surface area contributed by atoms with Crippen molar-refractivity contribution in [2.45, 2.75) is 97.6 Å². The topological polar surface area (TPSA) is 70.7 Å². The molecule has 2 heterocycles. The van der Waals surface area contributed by atoms with Gasteiger partial charge >= 0.3 is 0 Å². The molecule has 2 aliphatic rings. The lowest BCUT2D eigenvalue weighted by molar-refractivity contribution is -0.139. The minimum absolute atomic E-state index is 0.0530. The molecule has 2 rings (SSSR count). The fraction of sp³-hybridized carbons (Fsp3) is 0.917. The zero-order valence-corrected chi connectivity index (χ0v) is 19.8. The third kappa shape index (κ3) is 7.84. The van der Waals surface area contributed by atoms with Crippen LogP contribution in [0.1, 0.15) is 85.5 Å². The first-order valence-electron chi connectivity index (χ1n) is 12.3. The molecule has 0 radical (unpaired) electrons. The van der Waals surface area contributed by atoms with E-state index in [-0.39, 0.29) is 23.3 Å². The van der Waals surface area contributed by atoms with Gasteiger partial charge in [0, 0.05) is 12.6 Å². The van der Waals surface area contributed by atoms with Crippen molar-refractivity contribution in [2.75, 3.05) is 32.8 Å². The highest BCUT2D eigenvalue weighted by Crippen LogP contribution is 2.37. The first kappa shape index (κ1) is 25.1. The number of likely N-dealkylation sites (tertiary alicyclic amines) is 1. The van der Waals surface area contributed by atoms with Gasteiger partial charge in [0.25, 0.3) is 0 Å². The molecular formula is C24H45N3O3. The Balaban J connectivity index is 2.13. The van der Waals surface area contributed by atoms with E-state index in [1.54, 1.807) is 0 Å². The molecule has 2 atom stereocenters. The van der Waals surface area contributed by atoms with Gasteiger partial charge in [-0.1, -0.05) is 40.0 Å². The van der Waals surface area contributed by atoms with Crippen molar-refractivity contribution in [3.63, 3.8) is 0 Å². The molecule has 0 aromatic carbocycles. The summed E-state index contributed by atoms with van der Waals surface area (Å²) in [6.07, 6.45) is 8.92. The van der Waals surface area contributed by atoms with Gasteiger partial charge in [-0.25, -0.2) is 0 Å². The Morgan fingerprint density at radius 3 is 2.50 bits per heavy atom. The number of piperidine rings is 1. The first-order chi connectivity index (χ1) is 14.4. The Morgan fingerprint density at radius 2 is 1.83 bits per heavy atom. The summed E-state index contributed by atoms with van der Waals surface area (Å²) in [5, 5.41) is 6.23. The molecule has 1 spiro atoms. The van der Waals surface area contributed by atoms with E-state index in [9.17, 15) is 9.59 Å². The summed E-state index contributed by atoms with van der Waals surface area (Å²) in [7, 11) is 0. The maximum absolute atomic E-state index is 13.6. The van der Waals surface area contributed by atoms with Gasteiger partial charge in [0.1, 0.15) is 6.04 Å². The minimum Gasteiger partial charge on any atom is -0.379 e. The zero-order chi connectivity index (χ0) is 22.0. The van der Waals surface area contributed by atoms with E-state index in [1.807, 2.05) is 6.92 Å². The Morgan fingerprint density at radius 1 is 1.10 bits per heavy atom. The van der Waals surface area contributed by atoms with Crippen LogP contribution >= 0.6 is 0 Å². The van der Waals surface area contributed by atoms with E-state index in [4.69, 9.17) is 4.74 Å². The average Bonchev–Trinajstić information content (AvgIpc) is 2.70. The van der Waals surface area contributed by atoms with Crippen LogP contribution in [0.5, 0.6) is 0 Å². The van der Waals surface area contributed by atoms with Crippen LogP contribution in [-0.2, 0) is 14.3 Å². The standard InChI is InChI=1S/C24H45N3O3/c1-5-6-13-27-14-11-24(12-15-27)10-8-7-9-16-30-18-20(4)25-22(28)21(17-19(2)3)26-23(24)29/h19-21H,5-18H2,1-4H3,(H,25,28)(H,26,29)/t20-,21+/m1/s1. The molecule has 0 aromatic rings. The molecule has 0 aromatic heterocycles. The highest BCUT2D eigenvalue weighted by atomic mass is 16.5. The van der Waals surface area contributed by atoms with Crippen molar-refractivity contribution in [1.82, 2.24) is 15.5 Å². The highest BCUT2D eigenvalue weighted by molar-refractivity contribution is 5.90. The molecule has 6 nitrogen and oxygen atoms in total. The van der Waals surface area contributed by atoms with E-state index in [0.29, 0.717) is 18.9 Å². The lowest BCUT2D eigenvalue weighted by atomic mass is 9.73. The molecule has 2 saturated heterocycles. The summed E-state index contributed by atoms with van der Waals surface area (Å²) < 4.78 is 5.76. The van der Waals surface area contributed by atoms with Gasteiger partial charge in [0.2, 0.25) is 11.8 Å². The van der Waals surface area contributed by atoms with Crippen molar-refractivity contribution in [2.24, 2.45) is 11.3 Å². The lowest BCUT2D eigenvalue weighted by Gasteiger charge is -2.41. The van der Waals surface area contributed by atoms with E-state index in [0.717, 1.165) is 64.8 Å². The van der Waals surface area contributed by atoms with Crippen LogP contribution in [0.15, 0.2) is 0 Å². The Kier molecular flexibility index (Phi) is 10.6. The normalized spacial score (nSPS) is 27.5. The number of nitrogens with one attached hydrogen (secondary N) is 2. The predicted octanol–water partition coefficient (Wildman–Crippen LogP) is 3.49. The molecule has 0 bridgehead atoms. The van der Waals surface area contributed by atoms with Crippen molar-refractivity contribution >= 4 is 11.8 Å². The van der Waals surface area contributed by atoms with E-state index >= 15 is 0 Å². The van der Waals surface area contributed by atoms with Gasteiger partial charge in [-0.3, -0.25) is 9.59 Å². The fourth-order valence-corrected chi connectivity index (χ4v) is 4.68. The summed E-state index contributed by atoms with van der Waals surface area (Å²) in [5.41, 5.74) is -0.338. The third-order valence-corrected chi connectivity index (χ3v) is 6.65. The van der Waals surface area contributed by atoms with E-state index < -0.39 is 6.04 Å². The van der Waals surface area contributed by atoms with Crippen molar-refractivity contribution in [3.05, 3.63) is 0 Å². The second-order valence-corrected chi connectivity index (χ2v) is 9.93. The maximum Gasteiger partial charge on any atom is 0.242 e. The number of carbonyl (C=O) groups is 2. The van der Waals surface area contributed by atoms with Crippen LogP contribution in [0.25, 0.3) is 0 Å². The molecular weight excluding hydrogens is 378 g/mol. The maximum atomic E-state index is 13.6. The summed E-state index contributed by atoms with van der Waals surface area (Å²) in [6.45, 7) is 12.7. The number of hydrogen-bond acceptors (Lipinski definition) is 4. The largest absolute Gasteiger partial charge is 0.379 e. The van der Waals surface area contributed by atoms with E-state index in [2.05, 4.69) is 36.3 Å². The second-order valence-electron chi connectivity index (χ2n) is 9.93. The first-order valence-corrected chi connectivity index (χ1v) is 12.3. The number of amides is 2. The van der Waals surface area contributed by atoms with Crippen LogP contribution in [-0.4, -0.2) is 61.6 Å². The molecule has 0 aliphatic carbocycles. The monoisotopic (exact) mass is 423 g/mol. The summed E-state index contributed by atoms with van der Waals surface area (Å²) in [6, 6.07) is -0.527. The number of unbranched alkanes of at least 4 members (excludes halogenated alkanes) is 1. The molecule has 2 aliphatic heterocycles. The van der Waals surface area contributed by atoms with E-state index in [1.165, 1.54) is 12.8 Å². The molecule has 0 saturated carbocycles. The van der Waals surface area contributed by atoms with Crippen molar-refractivity contribution < 1.29 is 14.3 Å². The Hall–Kier alpha value is -1.14. The van der Waals surface area contributed by atoms with Gasteiger partial charge in [-0.15, -0.1) is 0 Å². The molecule has 2 amide bonds. The number of hydrogen-bond donors (Lipinski definition) is 2. The molecule has 2 fully saturated rings. The smallest absolute Gasteiger partial charge is 0.242 e. The number of carbonyl (C=O) groups excluding carboxylic acids is 2. The number of rotatable bonds is 5. The Bertz CT molecular complexity index is 524. The second kappa shape index (κ2) is 12.7.